The number of nitrogens with one attached hydrogen (secondary N) is 1. The smallest absolute Gasteiger partial charge is 0.223 e. The molecular weight excluding hydrogens is 254 g/mol. The van der Waals surface area contributed by atoms with E-state index in [1.165, 1.54) is 12.7 Å². The number of carbonyl (C=O) groups is 1. The number of methoxy groups -OCH3 is 1. The van der Waals surface area contributed by atoms with E-state index in [4.69, 9.17) is 4.74 Å². The van der Waals surface area contributed by atoms with Crippen molar-refractivity contribution in [3.8, 4) is 0 Å². The van der Waals surface area contributed by atoms with Crippen LogP contribution < -0.4 is 5.32 Å². The van der Waals surface area contributed by atoms with Gasteiger partial charge in [-0.3, -0.25) is 4.79 Å². The number of hydrogen-bond acceptors (Lipinski definition) is 3. The summed E-state index contributed by atoms with van der Waals surface area (Å²) in [6.45, 7) is 2.80. The average molecular weight is 277 g/mol. The number of aryl methyl sites for hydroxylation is 1. The first-order valence-corrected chi connectivity index (χ1v) is 6.78. The minimum Gasteiger partial charge on any atom is -0.391 e. The maximum absolute atomic E-state index is 11.6. The molecule has 0 aliphatic heterocycles. The largest absolute Gasteiger partial charge is 0.391 e. The SMILES string of the molecule is COCC(O)CCNC(=O)C/C=C/c1ccc(C)cc1. The van der Waals surface area contributed by atoms with Gasteiger partial charge >= 0.3 is 0 Å². The minimum absolute atomic E-state index is 0.0435. The Hall–Kier alpha value is -1.65. The molecule has 1 atom stereocenters. The molecule has 1 aromatic carbocycles. The number of carbonyl (C=O) groups excluding carboxylic acids is 1. The first-order chi connectivity index (χ1) is 9.61. The van der Waals surface area contributed by atoms with Crippen molar-refractivity contribution in [2.24, 2.45) is 0 Å². The van der Waals surface area contributed by atoms with Crippen molar-refractivity contribution in [2.45, 2.75) is 25.9 Å². The molecule has 0 bridgehead atoms. The van der Waals surface area contributed by atoms with Gasteiger partial charge in [-0.15, -0.1) is 0 Å². The van der Waals surface area contributed by atoms with Crippen molar-refractivity contribution in [1.82, 2.24) is 5.32 Å². The average Bonchev–Trinajstić information content (AvgIpc) is 2.41. The molecule has 0 spiro atoms. The molecule has 0 aliphatic rings. The third-order valence-electron chi connectivity index (χ3n) is 2.85. The lowest BCUT2D eigenvalue weighted by Gasteiger charge is -2.09. The summed E-state index contributed by atoms with van der Waals surface area (Å²) in [4.78, 5) is 11.6. The van der Waals surface area contributed by atoms with Crippen LogP contribution in [0.2, 0.25) is 0 Å². The molecule has 1 aromatic rings. The monoisotopic (exact) mass is 277 g/mol. The van der Waals surface area contributed by atoms with Gasteiger partial charge in [0.05, 0.1) is 12.7 Å². The van der Waals surface area contributed by atoms with E-state index < -0.39 is 6.10 Å². The first kappa shape index (κ1) is 16.4. The van der Waals surface area contributed by atoms with Crippen LogP contribution >= 0.6 is 0 Å². The highest BCUT2D eigenvalue weighted by molar-refractivity contribution is 5.78. The molecule has 0 saturated carbocycles. The summed E-state index contributed by atoms with van der Waals surface area (Å²) >= 11 is 0. The third-order valence-corrected chi connectivity index (χ3v) is 2.85. The van der Waals surface area contributed by atoms with E-state index in [2.05, 4.69) is 5.32 Å². The van der Waals surface area contributed by atoms with Crippen LogP contribution in [0.15, 0.2) is 30.3 Å². The van der Waals surface area contributed by atoms with Crippen LogP contribution in [0.5, 0.6) is 0 Å². The van der Waals surface area contributed by atoms with Crippen LogP contribution in [-0.2, 0) is 9.53 Å². The molecule has 4 nitrogen and oxygen atoms in total. The molecule has 0 fully saturated rings. The summed E-state index contributed by atoms with van der Waals surface area (Å²) in [7, 11) is 1.54. The van der Waals surface area contributed by atoms with E-state index in [0.717, 1.165) is 5.56 Å². The number of rotatable bonds is 8. The van der Waals surface area contributed by atoms with E-state index in [-0.39, 0.29) is 5.91 Å². The quantitative estimate of drug-likeness (QED) is 0.763. The fourth-order valence-corrected chi connectivity index (χ4v) is 1.71. The Labute approximate surface area is 120 Å². The second-order valence-corrected chi connectivity index (χ2v) is 4.76. The number of benzene rings is 1. The molecule has 4 heteroatoms. The summed E-state index contributed by atoms with van der Waals surface area (Å²) < 4.78 is 4.81. The predicted octanol–water partition coefficient (Wildman–Crippen LogP) is 1.91. The molecule has 0 heterocycles. The lowest BCUT2D eigenvalue weighted by molar-refractivity contribution is -0.120. The Morgan fingerprint density at radius 3 is 2.75 bits per heavy atom. The Kier molecular flexibility index (Phi) is 7.62. The highest BCUT2D eigenvalue weighted by Gasteiger charge is 2.04. The number of hydrogen-bond donors (Lipinski definition) is 2. The molecule has 0 radical (unpaired) electrons. The lowest BCUT2D eigenvalue weighted by atomic mass is 10.1. The van der Waals surface area contributed by atoms with Crippen LogP contribution in [0, 0.1) is 6.92 Å². The van der Waals surface area contributed by atoms with Crippen molar-refractivity contribution < 1.29 is 14.6 Å². The fourth-order valence-electron chi connectivity index (χ4n) is 1.71. The summed E-state index contributed by atoms with van der Waals surface area (Å²) in [5.74, 6) is -0.0435. The number of aliphatic hydroxyl groups is 1. The summed E-state index contributed by atoms with van der Waals surface area (Å²) in [6, 6.07) is 8.11. The highest BCUT2D eigenvalue weighted by atomic mass is 16.5. The van der Waals surface area contributed by atoms with Crippen LogP contribution in [0.25, 0.3) is 6.08 Å². The van der Waals surface area contributed by atoms with E-state index in [0.29, 0.717) is 26.0 Å². The molecule has 1 rings (SSSR count). The zero-order valence-corrected chi connectivity index (χ0v) is 12.1. The van der Waals surface area contributed by atoms with Gasteiger partial charge in [0.25, 0.3) is 0 Å². The van der Waals surface area contributed by atoms with Gasteiger partial charge in [0, 0.05) is 20.1 Å². The fraction of sp³-hybridized carbons (Fsp3) is 0.438. The van der Waals surface area contributed by atoms with Gasteiger partial charge in [0.15, 0.2) is 0 Å². The van der Waals surface area contributed by atoms with Crippen molar-refractivity contribution >= 4 is 12.0 Å². The molecule has 110 valence electrons. The molecule has 20 heavy (non-hydrogen) atoms. The van der Waals surface area contributed by atoms with Gasteiger partial charge in [-0.1, -0.05) is 42.0 Å². The second-order valence-electron chi connectivity index (χ2n) is 4.76. The standard InChI is InChI=1S/C16H23NO3/c1-13-6-8-14(9-7-13)4-3-5-16(19)17-11-10-15(18)12-20-2/h3-4,6-9,15,18H,5,10-12H2,1-2H3,(H,17,19)/b4-3+. The van der Waals surface area contributed by atoms with Crippen LogP contribution in [0.4, 0.5) is 0 Å². The Bertz CT molecular complexity index is 426. The van der Waals surface area contributed by atoms with E-state index >= 15 is 0 Å². The molecule has 1 amide bonds. The maximum atomic E-state index is 11.6. The predicted molar refractivity (Wildman–Crippen MR) is 80.3 cm³/mol. The molecule has 1 unspecified atom stereocenters. The molecular formula is C16H23NO3. The van der Waals surface area contributed by atoms with Gasteiger partial charge < -0.3 is 15.2 Å². The minimum atomic E-state index is -0.525. The zero-order valence-electron chi connectivity index (χ0n) is 12.1. The summed E-state index contributed by atoms with van der Waals surface area (Å²) in [5.41, 5.74) is 2.30. The zero-order chi connectivity index (χ0) is 14.8. The lowest BCUT2D eigenvalue weighted by Crippen LogP contribution is -2.27. The van der Waals surface area contributed by atoms with Gasteiger partial charge in [-0.05, 0) is 18.9 Å². The normalized spacial score (nSPS) is 12.6. The number of amides is 1. The molecule has 0 aromatic heterocycles. The van der Waals surface area contributed by atoms with Crippen LogP contribution in [0.3, 0.4) is 0 Å². The van der Waals surface area contributed by atoms with E-state index in [1.54, 1.807) is 0 Å². The van der Waals surface area contributed by atoms with Gasteiger partial charge in [-0.2, -0.15) is 0 Å². The Balaban J connectivity index is 2.21. The van der Waals surface area contributed by atoms with Crippen molar-refractivity contribution in [2.75, 3.05) is 20.3 Å². The number of aliphatic hydroxyl groups excluding tert-OH is 1. The van der Waals surface area contributed by atoms with Crippen LogP contribution in [-0.4, -0.2) is 37.4 Å². The van der Waals surface area contributed by atoms with Crippen molar-refractivity contribution in [3.63, 3.8) is 0 Å². The van der Waals surface area contributed by atoms with Crippen molar-refractivity contribution in [3.05, 3.63) is 41.5 Å². The summed E-state index contributed by atoms with van der Waals surface area (Å²) in [5, 5.41) is 12.2. The van der Waals surface area contributed by atoms with E-state index in [1.807, 2.05) is 43.3 Å². The maximum Gasteiger partial charge on any atom is 0.223 e. The topological polar surface area (TPSA) is 58.6 Å². The summed E-state index contributed by atoms with van der Waals surface area (Å²) in [6.07, 6.45) is 4.09. The third kappa shape index (κ3) is 7.07. The first-order valence-electron chi connectivity index (χ1n) is 6.78. The Morgan fingerprint density at radius 2 is 2.10 bits per heavy atom. The molecule has 0 aliphatic carbocycles. The van der Waals surface area contributed by atoms with Gasteiger partial charge in [-0.25, -0.2) is 0 Å². The van der Waals surface area contributed by atoms with E-state index in [9.17, 15) is 9.90 Å². The second kappa shape index (κ2) is 9.28. The highest BCUT2D eigenvalue weighted by Crippen LogP contribution is 2.05. The van der Waals surface area contributed by atoms with Gasteiger partial charge in [0.2, 0.25) is 5.91 Å². The Morgan fingerprint density at radius 1 is 1.40 bits per heavy atom. The molecule has 0 saturated heterocycles. The number of ether oxygens (including phenoxy) is 1. The van der Waals surface area contributed by atoms with Crippen LogP contribution in [0.1, 0.15) is 24.0 Å². The van der Waals surface area contributed by atoms with Crippen molar-refractivity contribution in [1.29, 1.82) is 0 Å². The molecule has 2 N–H and O–H groups in total. The van der Waals surface area contributed by atoms with Gasteiger partial charge in [0.1, 0.15) is 0 Å².